The number of amides is 1. The minimum Gasteiger partial charge on any atom is -0.370 e. The fourth-order valence-electron chi connectivity index (χ4n) is 2.97. The second-order valence-electron chi connectivity index (χ2n) is 6.03. The van der Waals surface area contributed by atoms with Gasteiger partial charge >= 0.3 is 6.18 Å². The van der Waals surface area contributed by atoms with Gasteiger partial charge in [-0.15, -0.1) is 10.2 Å². The summed E-state index contributed by atoms with van der Waals surface area (Å²) in [5.74, 6) is -1.19. The Kier molecular flexibility index (Phi) is 5.12. The molecule has 1 aliphatic rings. The van der Waals surface area contributed by atoms with Crippen LogP contribution in [0, 0.1) is 5.82 Å². The fourth-order valence-corrected chi connectivity index (χ4v) is 3.81. The van der Waals surface area contributed by atoms with Crippen LogP contribution in [0.4, 0.5) is 23.2 Å². The first-order valence-corrected chi connectivity index (χ1v) is 8.81. The number of halogens is 4. The van der Waals surface area contributed by atoms with Gasteiger partial charge in [0.2, 0.25) is 5.91 Å². The van der Waals surface area contributed by atoms with E-state index in [1.807, 2.05) is 0 Å². The minimum absolute atomic E-state index is 0.0374. The van der Waals surface area contributed by atoms with Gasteiger partial charge < -0.3 is 10.6 Å². The van der Waals surface area contributed by atoms with Gasteiger partial charge in [0.1, 0.15) is 21.9 Å². The molecule has 1 atom stereocenters. The Morgan fingerprint density at radius 2 is 2.12 bits per heavy atom. The van der Waals surface area contributed by atoms with Crippen molar-refractivity contribution < 1.29 is 22.4 Å². The number of benzene rings is 1. The topological polar surface area (TPSA) is 72.1 Å². The molecule has 1 aliphatic heterocycles. The third kappa shape index (κ3) is 3.95. The molecule has 3 rings (SSSR count). The van der Waals surface area contributed by atoms with Crippen LogP contribution < -0.4 is 10.6 Å². The van der Waals surface area contributed by atoms with Gasteiger partial charge in [0, 0.05) is 24.9 Å². The molecule has 5 nitrogen and oxygen atoms in total. The third-order valence-electron chi connectivity index (χ3n) is 4.19. The second-order valence-corrected chi connectivity index (χ2v) is 7.09. The Balaban J connectivity index is 1.81. The summed E-state index contributed by atoms with van der Waals surface area (Å²) in [6.45, 7) is 0.163. The number of rotatable bonds is 5. The van der Waals surface area contributed by atoms with Crippen LogP contribution in [0.5, 0.6) is 0 Å². The van der Waals surface area contributed by atoms with E-state index >= 15 is 0 Å². The molecule has 1 amide bonds. The van der Waals surface area contributed by atoms with Gasteiger partial charge in [-0.1, -0.05) is 11.3 Å². The van der Waals surface area contributed by atoms with E-state index in [4.69, 9.17) is 5.73 Å². The second kappa shape index (κ2) is 7.18. The number of aryl methyl sites for hydroxylation is 1. The average Bonchev–Trinajstić information content (AvgIpc) is 3.21. The maximum atomic E-state index is 14.5. The first-order chi connectivity index (χ1) is 12.3. The van der Waals surface area contributed by atoms with Gasteiger partial charge in [-0.05, 0) is 31.0 Å². The lowest BCUT2D eigenvalue weighted by atomic mass is 10.1. The molecule has 0 radical (unpaired) electrons. The Labute approximate surface area is 150 Å². The van der Waals surface area contributed by atoms with Crippen molar-refractivity contribution in [2.45, 2.75) is 37.9 Å². The number of anilines is 1. The van der Waals surface area contributed by atoms with E-state index in [0.717, 1.165) is 4.90 Å². The maximum absolute atomic E-state index is 14.5. The van der Waals surface area contributed by atoms with Crippen LogP contribution in [0.15, 0.2) is 18.2 Å². The van der Waals surface area contributed by atoms with Crippen molar-refractivity contribution in [2.75, 3.05) is 11.4 Å². The van der Waals surface area contributed by atoms with Crippen molar-refractivity contribution in [3.63, 3.8) is 0 Å². The van der Waals surface area contributed by atoms with E-state index in [1.165, 1.54) is 29.5 Å². The predicted molar refractivity (Wildman–Crippen MR) is 89.2 cm³/mol. The van der Waals surface area contributed by atoms with Gasteiger partial charge in [0.25, 0.3) is 0 Å². The SMILES string of the molecule is NC(=O)CCc1nnc(-c2ccc(N3CCC[C@H]3C(F)(F)F)c(F)c2)s1. The molecule has 0 spiro atoms. The third-order valence-corrected chi connectivity index (χ3v) is 5.22. The van der Waals surface area contributed by atoms with Crippen molar-refractivity contribution in [3.8, 4) is 10.6 Å². The first-order valence-electron chi connectivity index (χ1n) is 7.99. The van der Waals surface area contributed by atoms with E-state index in [-0.39, 0.29) is 25.1 Å². The Morgan fingerprint density at radius 1 is 1.35 bits per heavy atom. The van der Waals surface area contributed by atoms with E-state index in [0.29, 0.717) is 28.4 Å². The lowest BCUT2D eigenvalue weighted by Crippen LogP contribution is -2.41. The number of aromatic nitrogens is 2. The molecule has 2 aromatic rings. The molecule has 0 bridgehead atoms. The molecule has 2 heterocycles. The van der Waals surface area contributed by atoms with Crippen LogP contribution >= 0.6 is 11.3 Å². The minimum atomic E-state index is -4.39. The summed E-state index contributed by atoms with van der Waals surface area (Å²) in [6.07, 6.45) is -3.59. The van der Waals surface area contributed by atoms with Crippen molar-refractivity contribution >= 4 is 22.9 Å². The number of nitrogens with zero attached hydrogens (tertiary/aromatic N) is 3. The highest BCUT2D eigenvalue weighted by Gasteiger charge is 2.46. The maximum Gasteiger partial charge on any atom is 0.408 e. The first kappa shape index (κ1) is 18.6. The van der Waals surface area contributed by atoms with Crippen LogP contribution in [-0.2, 0) is 11.2 Å². The van der Waals surface area contributed by atoms with E-state index in [1.54, 1.807) is 0 Å². The van der Waals surface area contributed by atoms with Crippen LogP contribution in [0.1, 0.15) is 24.3 Å². The molecule has 1 saturated heterocycles. The van der Waals surface area contributed by atoms with Gasteiger partial charge in [0.15, 0.2) is 0 Å². The van der Waals surface area contributed by atoms with E-state index in [2.05, 4.69) is 10.2 Å². The number of alkyl halides is 3. The molecule has 1 aromatic carbocycles. The molecular formula is C16H16F4N4OS. The molecule has 0 unspecified atom stereocenters. The highest BCUT2D eigenvalue weighted by molar-refractivity contribution is 7.14. The molecule has 0 saturated carbocycles. The zero-order valence-electron chi connectivity index (χ0n) is 13.6. The molecule has 26 heavy (non-hydrogen) atoms. The fraction of sp³-hybridized carbons (Fsp3) is 0.438. The smallest absolute Gasteiger partial charge is 0.370 e. The number of primary amides is 1. The lowest BCUT2D eigenvalue weighted by molar-refractivity contribution is -0.146. The number of hydrogen-bond acceptors (Lipinski definition) is 5. The molecule has 1 fully saturated rings. The summed E-state index contributed by atoms with van der Waals surface area (Å²) < 4.78 is 53.8. The van der Waals surface area contributed by atoms with E-state index < -0.39 is 23.9 Å². The van der Waals surface area contributed by atoms with Crippen molar-refractivity contribution in [2.24, 2.45) is 5.73 Å². The van der Waals surface area contributed by atoms with Crippen LogP contribution in [-0.4, -0.2) is 34.9 Å². The van der Waals surface area contributed by atoms with Crippen LogP contribution in [0.3, 0.4) is 0 Å². The highest BCUT2D eigenvalue weighted by Crippen LogP contribution is 2.38. The van der Waals surface area contributed by atoms with E-state index in [9.17, 15) is 22.4 Å². The zero-order valence-corrected chi connectivity index (χ0v) is 14.4. The Hall–Kier alpha value is -2.23. The van der Waals surface area contributed by atoms with Gasteiger partial charge in [-0.25, -0.2) is 4.39 Å². The summed E-state index contributed by atoms with van der Waals surface area (Å²) in [5, 5.41) is 8.88. The standard InChI is InChI=1S/C16H16F4N4OS/c17-10-8-9(15-23-22-14(26-15)6-5-13(21)25)3-4-11(10)24-7-1-2-12(24)16(18,19)20/h3-4,8,12H,1-2,5-7H2,(H2,21,25)/t12-/m0/s1. The normalized spacial score (nSPS) is 17.7. The summed E-state index contributed by atoms with van der Waals surface area (Å²) in [4.78, 5) is 11.9. The zero-order chi connectivity index (χ0) is 18.9. The highest BCUT2D eigenvalue weighted by atomic mass is 32.1. The van der Waals surface area contributed by atoms with Gasteiger partial charge in [-0.3, -0.25) is 4.79 Å². The van der Waals surface area contributed by atoms with Gasteiger partial charge in [0.05, 0.1) is 5.69 Å². The number of nitrogens with two attached hydrogens (primary N) is 1. The van der Waals surface area contributed by atoms with Crippen LogP contribution in [0.2, 0.25) is 0 Å². The summed E-state index contributed by atoms with van der Waals surface area (Å²) in [7, 11) is 0. The largest absolute Gasteiger partial charge is 0.408 e. The Morgan fingerprint density at radius 3 is 2.77 bits per heavy atom. The summed E-state index contributed by atoms with van der Waals surface area (Å²) in [6, 6.07) is 2.38. The predicted octanol–water partition coefficient (Wildman–Crippen LogP) is 3.29. The quantitative estimate of drug-likeness (QED) is 0.798. The van der Waals surface area contributed by atoms with Crippen molar-refractivity contribution in [1.82, 2.24) is 10.2 Å². The van der Waals surface area contributed by atoms with Crippen molar-refractivity contribution in [1.29, 1.82) is 0 Å². The lowest BCUT2D eigenvalue weighted by Gasteiger charge is -2.28. The molecule has 0 aliphatic carbocycles. The van der Waals surface area contributed by atoms with Crippen molar-refractivity contribution in [3.05, 3.63) is 29.0 Å². The molecule has 10 heteroatoms. The number of hydrogen-bond donors (Lipinski definition) is 1. The number of carbonyl (C=O) groups is 1. The summed E-state index contributed by atoms with van der Waals surface area (Å²) in [5.41, 5.74) is 5.44. The average molecular weight is 388 g/mol. The van der Waals surface area contributed by atoms with Gasteiger partial charge in [-0.2, -0.15) is 13.2 Å². The number of carbonyl (C=O) groups excluding carboxylic acids is 1. The Bertz CT molecular complexity index is 808. The molecule has 140 valence electrons. The summed E-state index contributed by atoms with van der Waals surface area (Å²) >= 11 is 1.19. The van der Waals surface area contributed by atoms with Crippen LogP contribution in [0.25, 0.3) is 10.6 Å². The molecule has 1 aromatic heterocycles. The molecular weight excluding hydrogens is 372 g/mol. The molecule has 2 N–H and O–H groups in total. The monoisotopic (exact) mass is 388 g/mol.